The monoisotopic (exact) mass is 346 g/mol. The van der Waals surface area contributed by atoms with Crippen molar-refractivity contribution in [3.05, 3.63) is 22.3 Å². The van der Waals surface area contributed by atoms with E-state index in [4.69, 9.17) is 0 Å². The lowest BCUT2D eigenvalue weighted by Crippen LogP contribution is -2.18. The van der Waals surface area contributed by atoms with E-state index in [2.05, 4.69) is 26.2 Å². The van der Waals surface area contributed by atoms with Gasteiger partial charge in [0.15, 0.2) is 0 Å². The predicted octanol–water partition coefficient (Wildman–Crippen LogP) is 4.32. The van der Waals surface area contributed by atoms with E-state index in [-0.39, 0.29) is 11.9 Å². The fourth-order valence-electron chi connectivity index (χ4n) is 4.45. The molecular formula is C14H14BrF3N2. The van der Waals surface area contributed by atoms with Crippen molar-refractivity contribution in [3.63, 3.8) is 0 Å². The normalized spacial score (nSPS) is 37.9. The van der Waals surface area contributed by atoms with Gasteiger partial charge in [-0.2, -0.15) is 13.2 Å². The molecule has 3 saturated carbocycles. The average molecular weight is 347 g/mol. The van der Waals surface area contributed by atoms with Gasteiger partial charge in [0.25, 0.3) is 0 Å². The van der Waals surface area contributed by atoms with Crippen molar-refractivity contribution in [3.8, 4) is 0 Å². The third kappa shape index (κ3) is 1.87. The molecule has 3 aliphatic carbocycles. The molecular weight excluding hydrogens is 333 g/mol. The van der Waals surface area contributed by atoms with E-state index in [1.54, 1.807) is 0 Å². The first-order valence-electron chi connectivity index (χ1n) is 6.94. The lowest BCUT2D eigenvalue weighted by atomic mass is 10.0. The topological polar surface area (TPSA) is 24.9 Å². The Morgan fingerprint density at radius 1 is 1.20 bits per heavy atom. The third-order valence-electron chi connectivity index (χ3n) is 5.20. The maximum Gasteiger partial charge on any atom is 0.419 e. The molecule has 1 N–H and O–H groups in total. The van der Waals surface area contributed by atoms with Crippen molar-refractivity contribution in [1.29, 1.82) is 0 Å². The number of alkyl halides is 3. The van der Waals surface area contributed by atoms with E-state index in [9.17, 15) is 13.2 Å². The number of hydrogen-bond donors (Lipinski definition) is 1. The van der Waals surface area contributed by atoms with E-state index in [1.165, 1.54) is 25.5 Å². The molecule has 2 bridgehead atoms. The first-order valence-corrected chi connectivity index (χ1v) is 7.74. The SMILES string of the molecule is FC(F)(F)c1cc(Br)cnc1NC1C2C3CCC(C3)C12. The smallest absolute Gasteiger partial charge is 0.366 e. The number of nitrogens with one attached hydrogen (secondary N) is 1. The molecule has 0 saturated heterocycles. The standard InChI is InChI=1S/C14H14BrF3N2/c15-8-4-9(14(16,17)18)13(19-5-8)20-12-10-6-1-2-7(3-6)11(10)12/h4-7,10-12H,1-3H2,(H,19,20). The number of pyridine rings is 1. The summed E-state index contributed by atoms with van der Waals surface area (Å²) in [7, 11) is 0. The molecule has 0 amide bonds. The van der Waals surface area contributed by atoms with Crippen molar-refractivity contribution < 1.29 is 13.2 Å². The Hall–Kier alpha value is -0.780. The molecule has 20 heavy (non-hydrogen) atoms. The Labute approximate surface area is 123 Å². The molecule has 108 valence electrons. The maximum absolute atomic E-state index is 13.1. The summed E-state index contributed by atoms with van der Waals surface area (Å²) in [4.78, 5) is 3.94. The molecule has 1 aromatic rings. The Morgan fingerprint density at radius 2 is 1.85 bits per heavy atom. The van der Waals surface area contributed by atoms with Crippen LogP contribution in [0, 0.1) is 23.7 Å². The maximum atomic E-state index is 13.1. The Bertz CT molecular complexity index is 544. The number of rotatable bonds is 2. The molecule has 4 unspecified atom stereocenters. The first-order chi connectivity index (χ1) is 9.45. The van der Waals surface area contributed by atoms with Crippen LogP contribution in [0.25, 0.3) is 0 Å². The number of aromatic nitrogens is 1. The van der Waals surface area contributed by atoms with E-state index in [0.717, 1.165) is 17.9 Å². The lowest BCUT2D eigenvalue weighted by Gasteiger charge is -2.16. The summed E-state index contributed by atoms with van der Waals surface area (Å²) in [5.41, 5.74) is -0.677. The van der Waals surface area contributed by atoms with Gasteiger partial charge in [-0.1, -0.05) is 0 Å². The van der Waals surface area contributed by atoms with Gasteiger partial charge in [0.1, 0.15) is 5.82 Å². The molecule has 1 aromatic heterocycles. The Morgan fingerprint density at radius 3 is 2.45 bits per heavy atom. The minimum Gasteiger partial charge on any atom is -0.366 e. The predicted molar refractivity (Wildman–Crippen MR) is 72.2 cm³/mol. The van der Waals surface area contributed by atoms with Crippen molar-refractivity contribution in [1.82, 2.24) is 4.98 Å². The minimum atomic E-state index is -4.37. The third-order valence-corrected chi connectivity index (χ3v) is 5.63. The summed E-state index contributed by atoms with van der Waals surface area (Å²) in [6.45, 7) is 0. The van der Waals surface area contributed by atoms with Gasteiger partial charge in [0, 0.05) is 16.7 Å². The zero-order valence-corrected chi connectivity index (χ0v) is 12.2. The minimum absolute atomic E-state index is 0.0144. The van der Waals surface area contributed by atoms with Gasteiger partial charge in [-0.05, 0) is 64.9 Å². The van der Waals surface area contributed by atoms with Gasteiger partial charge in [0.05, 0.1) is 5.56 Å². The van der Waals surface area contributed by atoms with Crippen molar-refractivity contribution in [2.24, 2.45) is 23.7 Å². The highest BCUT2D eigenvalue weighted by atomic mass is 79.9. The molecule has 0 spiro atoms. The summed E-state index contributed by atoms with van der Waals surface area (Å²) in [5.74, 6) is 2.61. The molecule has 2 nitrogen and oxygen atoms in total. The van der Waals surface area contributed by atoms with Crippen LogP contribution >= 0.6 is 15.9 Å². The molecule has 0 aromatic carbocycles. The average Bonchev–Trinajstić information content (AvgIpc) is 2.78. The highest BCUT2D eigenvalue weighted by molar-refractivity contribution is 9.10. The lowest BCUT2D eigenvalue weighted by molar-refractivity contribution is -0.137. The zero-order chi connectivity index (χ0) is 14.1. The van der Waals surface area contributed by atoms with Crippen LogP contribution in [0.2, 0.25) is 0 Å². The summed E-state index contributed by atoms with van der Waals surface area (Å²) in [6, 6.07) is 1.30. The van der Waals surface area contributed by atoms with E-state index < -0.39 is 11.7 Å². The number of nitrogens with zero attached hydrogens (tertiary/aromatic N) is 1. The van der Waals surface area contributed by atoms with Gasteiger partial charge < -0.3 is 5.32 Å². The zero-order valence-electron chi connectivity index (χ0n) is 10.6. The van der Waals surface area contributed by atoms with Crippen LogP contribution in [0.1, 0.15) is 24.8 Å². The van der Waals surface area contributed by atoms with Crippen LogP contribution in [0.15, 0.2) is 16.7 Å². The summed E-state index contributed by atoms with van der Waals surface area (Å²) in [6.07, 6.45) is 0.841. The van der Waals surface area contributed by atoms with Crippen LogP contribution in [0.3, 0.4) is 0 Å². The van der Waals surface area contributed by atoms with Gasteiger partial charge >= 0.3 is 6.18 Å². The first kappa shape index (κ1) is 12.9. The summed E-state index contributed by atoms with van der Waals surface area (Å²) in [5, 5.41) is 3.07. The summed E-state index contributed by atoms with van der Waals surface area (Å²) >= 11 is 3.06. The highest BCUT2D eigenvalue weighted by Gasteiger charge is 2.65. The van der Waals surface area contributed by atoms with E-state index in [1.807, 2.05) is 0 Å². The van der Waals surface area contributed by atoms with E-state index in [0.29, 0.717) is 16.3 Å². The fraction of sp³-hybridized carbons (Fsp3) is 0.643. The second-order valence-corrected chi connectivity index (χ2v) is 7.12. The molecule has 1 heterocycles. The number of halogens is 4. The Kier molecular flexibility index (Phi) is 2.66. The van der Waals surface area contributed by atoms with Crippen molar-refractivity contribution in [2.75, 3.05) is 5.32 Å². The van der Waals surface area contributed by atoms with E-state index >= 15 is 0 Å². The number of hydrogen-bond acceptors (Lipinski definition) is 2. The highest BCUT2D eigenvalue weighted by Crippen LogP contribution is 2.66. The molecule has 3 fully saturated rings. The molecule has 0 radical (unpaired) electrons. The second-order valence-electron chi connectivity index (χ2n) is 6.21. The van der Waals surface area contributed by atoms with Gasteiger partial charge in [-0.15, -0.1) is 0 Å². The molecule has 0 aliphatic heterocycles. The van der Waals surface area contributed by atoms with Crippen LogP contribution < -0.4 is 5.32 Å². The van der Waals surface area contributed by atoms with Crippen LogP contribution in [-0.4, -0.2) is 11.0 Å². The Balaban J connectivity index is 1.58. The van der Waals surface area contributed by atoms with Crippen LogP contribution in [-0.2, 0) is 6.18 Å². The second kappa shape index (κ2) is 4.12. The summed E-state index contributed by atoms with van der Waals surface area (Å²) < 4.78 is 39.5. The molecule has 4 atom stereocenters. The van der Waals surface area contributed by atoms with Gasteiger partial charge in [-0.25, -0.2) is 4.98 Å². The quantitative estimate of drug-likeness (QED) is 0.862. The number of anilines is 1. The molecule has 6 heteroatoms. The van der Waals surface area contributed by atoms with Crippen molar-refractivity contribution in [2.45, 2.75) is 31.5 Å². The molecule has 4 rings (SSSR count). The number of fused-ring (bicyclic) bond motifs is 5. The van der Waals surface area contributed by atoms with Gasteiger partial charge in [0.2, 0.25) is 0 Å². The van der Waals surface area contributed by atoms with Crippen LogP contribution in [0.4, 0.5) is 19.0 Å². The van der Waals surface area contributed by atoms with Crippen LogP contribution in [0.5, 0.6) is 0 Å². The molecule has 3 aliphatic rings. The fourth-order valence-corrected chi connectivity index (χ4v) is 4.78. The van der Waals surface area contributed by atoms with Gasteiger partial charge in [-0.3, -0.25) is 0 Å². The van der Waals surface area contributed by atoms with Crippen molar-refractivity contribution >= 4 is 21.7 Å². The largest absolute Gasteiger partial charge is 0.419 e.